The zero-order valence-corrected chi connectivity index (χ0v) is 7.87. The number of piperidine rings is 1. The highest BCUT2D eigenvalue weighted by atomic mass is 16.3. The van der Waals surface area contributed by atoms with Crippen LogP contribution in [-0.2, 0) is 0 Å². The summed E-state index contributed by atoms with van der Waals surface area (Å²) in [5.41, 5.74) is 5.48. The van der Waals surface area contributed by atoms with Crippen LogP contribution in [0.25, 0.3) is 0 Å². The van der Waals surface area contributed by atoms with E-state index in [1.807, 2.05) is 6.92 Å². The molecule has 0 spiro atoms. The fraction of sp³-hybridized carbons (Fsp3) is 1.00. The molecular weight excluding hydrogens is 152 g/mol. The molecule has 72 valence electrons. The van der Waals surface area contributed by atoms with Crippen molar-refractivity contribution >= 4 is 0 Å². The molecule has 1 saturated heterocycles. The number of hydrogen-bond acceptors (Lipinski definition) is 3. The van der Waals surface area contributed by atoms with Gasteiger partial charge < -0.3 is 15.7 Å². The maximum atomic E-state index is 9.41. The molecule has 1 aliphatic rings. The van der Waals surface area contributed by atoms with Gasteiger partial charge in [0.05, 0.1) is 6.10 Å². The van der Waals surface area contributed by atoms with Crippen LogP contribution in [0.3, 0.4) is 0 Å². The van der Waals surface area contributed by atoms with Gasteiger partial charge in [-0.15, -0.1) is 0 Å². The van der Waals surface area contributed by atoms with Crippen LogP contribution in [0.4, 0.5) is 0 Å². The van der Waals surface area contributed by atoms with Crippen molar-refractivity contribution in [3.05, 3.63) is 0 Å². The predicted octanol–water partition coefficient (Wildman–Crippen LogP) is 0.0379. The Morgan fingerprint density at radius 1 is 1.67 bits per heavy atom. The van der Waals surface area contributed by atoms with Crippen LogP contribution in [0, 0.1) is 5.92 Å². The summed E-state index contributed by atoms with van der Waals surface area (Å²) in [5.74, 6) is 0.463. The monoisotopic (exact) mass is 172 g/mol. The van der Waals surface area contributed by atoms with Crippen molar-refractivity contribution in [2.45, 2.75) is 25.9 Å². The lowest BCUT2D eigenvalue weighted by Gasteiger charge is -2.33. The highest BCUT2D eigenvalue weighted by Crippen LogP contribution is 2.18. The van der Waals surface area contributed by atoms with Gasteiger partial charge in [-0.05, 0) is 32.2 Å². The summed E-state index contributed by atoms with van der Waals surface area (Å²) in [6, 6.07) is 0. The van der Waals surface area contributed by atoms with E-state index in [-0.39, 0.29) is 6.10 Å². The zero-order valence-electron chi connectivity index (χ0n) is 7.87. The van der Waals surface area contributed by atoms with E-state index in [9.17, 15) is 5.11 Å². The van der Waals surface area contributed by atoms with Gasteiger partial charge in [-0.2, -0.15) is 0 Å². The van der Waals surface area contributed by atoms with Gasteiger partial charge in [0.1, 0.15) is 0 Å². The number of nitrogens with two attached hydrogens (primary N) is 1. The van der Waals surface area contributed by atoms with Crippen LogP contribution in [0.15, 0.2) is 0 Å². The van der Waals surface area contributed by atoms with Crippen molar-refractivity contribution in [2.75, 3.05) is 26.2 Å². The predicted molar refractivity (Wildman–Crippen MR) is 49.9 cm³/mol. The van der Waals surface area contributed by atoms with Gasteiger partial charge in [0.15, 0.2) is 0 Å². The first-order chi connectivity index (χ1) is 5.74. The summed E-state index contributed by atoms with van der Waals surface area (Å²) in [4.78, 5) is 2.35. The lowest BCUT2D eigenvalue weighted by molar-refractivity contribution is 0.0642. The summed E-state index contributed by atoms with van der Waals surface area (Å²) in [7, 11) is 0. The third kappa shape index (κ3) is 2.73. The number of hydrogen-bond donors (Lipinski definition) is 2. The average molecular weight is 172 g/mol. The van der Waals surface area contributed by atoms with Crippen LogP contribution in [0.5, 0.6) is 0 Å². The van der Waals surface area contributed by atoms with E-state index < -0.39 is 0 Å². The van der Waals surface area contributed by atoms with Crippen LogP contribution < -0.4 is 5.73 Å². The fourth-order valence-electron chi connectivity index (χ4n) is 1.87. The van der Waals surface area contributed by atoms with E-state index in [0.717, 1.165) is 26.2 Å². The number of nitrogens with zero attached hydrogens (tertiary/aromatic N) is 1. The summed E-state index contributed by atoms with van der Waals surface area (Å²) < 4.78 is 0. The molecule has 0 saturated carbocycles. The van der Waals surface area contributed by atoms with E-state index in [1.54, 1.807) is 0 Å². The van der Waals surface area contributed by atoms with Gasteiger partial charge in [0.25, 0.3) is 0 Å². The Hall–Kier alpha value is -0.120. The topological polar surface area (TPSA) is 49.5 Å². The number of rotatable bonds is 3. The van der Waals surface area contributed by atoms with Gasteiger partial charge in [-0.1, -0.05) is 0 Å². The largest absolute Gasteiger partial charge is 0.393 e. The number of aliphatic hydroxyl groups is 1. The zero-order chi connectivity index (χ0) is 8.97. The maximum absolute atomic E-state index is 9.41. The van der Waals surface area contributed by atoms with Crippen molar-refractivity contribution in [3.63, 3.8) is 0 Å². The molecule has 3 heteroatoms. The Morgan fingerprint density at radius 3 is 3.00 bits per heavy atom. The van der Waals surface area contributed by atoms with Crippen LogP contribution in [0.2, 0.25) is 0 Å². The van der Waals surface area contributed by atoms with Crippen molar-refractivity contribution in [1.29, 1.82) is 0 Å². The Balaban J connectivity index is 2.30. The van der Waals surface area contributed by atoms with E-state index in [4.69, 9.17) is 5.73 Å². The maximum Gasteiger partial charge on any atom is 0.0552 e. The first kappa shape index (κ1) is 9.96. The molecule has 0 aliphatic carbocycles. The first-order valence-corrected chi connectivity index (χ1v) is 4.84. The van der Waals surface area contributed by atoms with Crippen LogP contribution in [-0.4, -0.2) is 42.3 Å². The quantitative estimate of drug-likeness (QED) is 0.632. The Labute approximate surface area is 74.5 Å². The Kier molecular flexibility index (Phi) is 3.98. The lowest BCUT2D eigenvalue weighted by atomic mass is 9.93. The number of aliphatic hydroxyl groups excluding tert-OH is 1. The molecule has 0 unspecified atom stereocenters. The van der Waals surface area contributed by atoms with Gasteiger partial charge >= 0.3 is 0 Å². The third-order valence-corrected chi connectivity index (χ3v) is 2.67. The summed E-state index contributed by atoms with van der Waals surface area (Å²) in [6.07, 6.45) is 2.21. The van der Waals surface area contributed by atoms with E-state index in [2.05, 4.69) is 4.90 Å². The summed E-state index contributed by atoms with van der Waals surface area (Å²) in [5, 5.41) is 9.41. The highest BCUT2D eigenvalue weighted by molar-refractivity contribution is 4.76. The molecule has 3 N–H and O–H groups in total. The molecule has 0 aromatic heterocycles. The van der Waals surface area contributed by atoms with Crippen molar-refractivity contribution in [3.8, 4) is 0 Å². The minimum absolute atomic E-state index is 0.162. The van der Waals surface area contributed by atoms with Crippen LogP contribution >= 0.6 is 0 Å². The molecule has 0 amide bonds. The molecule has 12 heavy (non-hydrogen) atoms. The second-order valence-electron chi connectivity index (χ2n) is 3.73. The normalized spacial score (nSPS) is 28.8. The minimum atomic E-state index is -0.162. The molecular formula is C9H20N2O. The van der Waals surface area contributed by atoms with Crippen LogP contribution in [0.1, 0.15) is 19.8 Å². The van der Waals surface area contributed by atoms with Crippen molar-refractivity contribution in [2.24, 2.45) is 11.7 Å². The SMILES string of the molecule is C[C@@H](O)[C@H]1CCCN(CCN)C1. The molecule has 0 aromatic carbocycles. The smallest absolute Gasteiger partial charge is 0.0552 e. The summed E-state index contributed by atoms with van der Waals surface area (Å²) in [6.45, 7) is 5.77. The molecule has 0 bridgehead atoms. The van der Waals surface area contributed by atoms with E-state index >= 15 is 0 Å². The lowest BCUT2D eigenvalue weighted by Crippen LogP contribution is -2.41. The molecule has 1 aliphatic heterocycles. The second kappa shape index (κ2) is 4.80. The highest BCUT2D eigenvalue weighted by Gasteiger charge is 2.22. The van der Waals surface area contributed by atoms with Gasteiger partial charge in [-0.25, -0.2) is 0 Å². The van der Waals surface area contributed by atoms with Gasteiger partial charge in [0, 0.05) is 19.6 Å². The van der Waals surface area contributed by atoms with Crippen molar-refractivity contribution in [1.82, 2.24) is 4.90 Å². The molecule has 0 aromatic rings. The third-order valence-electron chi connectivity index (χ3n) is 2.67. The first-order valence-electron chi connectivity index (χ1n) is 4.84. The Bertz CT molecular complexity index is 126. The molecule has 1 heterocycles. The molecule has 1 rings (SSSR count). The fourth-order valence-corrected chi connectivity index (χ4v) is 1.87. The molecule has 3 nitrogen and oxygen atoms in total. The summed E-state index contributed by atoms with van der Waals surface area (Å²) >= 11 is 0. The standard InChI is InChI=1S/C9H20N2O/c1-8(12)9-3-2-5-11(7-9)6-4-10/h8-9,12H,2-7,10H2,1H3/t8-,9+/m1/s1. The van der Waals surface area contributed by atoms with E-state index in [1.165, 1.54) is 12.8 Å². The Morgan fingerprint density at radius 2 is 2.42 bits per heavy atom. The second-order valence-corrected chi connectivity index (χ2v) is 3.73. The molecule has 0 radical (unpaired) electrons. The molecule has 2 atom stereocenters. The van der Waals surface area contributed by atoms with Crippen molar-refractivity contribution < 1.29 is 5.11 Å². The van der Waals surface area contributed by atoms with Gasteiger partial charge in [0.2, 0.25) is 0 Å². The molecule has 1 fully saturated rings. The van der Waals surface area contributed by atoms with Gasteiger partial charge in [-0.3, -0.25) is 0 Å². The number of likely N-dealkylation sites (tertiary alicyclic amines) is 1. The minimum Gasteiger partial charge on any atom is -0.393 e. The average Bonchev–Trinajstić information content (AvgIpc) is 2.05. The van der Waals surface area contributed by atoms with E-state index in [0.29, 0.717) is 5.92 Å².